The molecule has 2 rings (SSSR count). The van der Waals surface area contributed by atoms with Gasteiger partial charge >= 0.3 is 0 Å². The first-order chi connectivity index (χ1) is 7.16. The monoisotopic (exact) mass is 201 g/mol. The van der Waals surface area contributed by atoms with Crippen LogP contribution < -0.4 is 0 Å². The molecule has 1 N–H and O–H groups in total. The number of aromatic amines is 1. The van der Waals surface area contributed by atoms with Gasteiger partial charge in [0.1, 0.15) is 5.69 Å². The van der Waals surface area contributed by atoms with E-state index in [9.17, 15) is 0 Å². The number of aryl methyl sites for hydroxylation is 1. The summed E-state index contributed by atoms with van der Waals surface area (Å²) in [7, 11) is 0. The SMILES string of the molecule is Cc1cccc(-c2cc(C(C)C)[nH]n2)n1. The number of nitrogens with one attached hydrogen (secondary N) is 1. The van der Waals surface area contributed by atoms with Crippen LogP contribution in [0.15, 0.2) is 24.3 Å². The highest BCUT2D eigenvalue weighted by Gasteiger charge is 2.07. The molecule has 0 bridgehead atoms. The summed E-state index contributed by atoms with van der Waals surface area (Å²) in [4.78, 5) is 4.43. The lowest BCUT2D eigenvalue weighted by Crippen LogP contribution is -1.85. The third kappa shape index (κ3) is 2.06. The van der Waals surface area contributed by atoms with Crippen LogP contribution in [0.3, 0.4) is 0 Å². The molecule has 0 aliphatic rings. The Morgan fingerprint density at radius 2 is 2.00 bits per heavy atom. The highest BCUT2D eigenvalue weighted by molar-refractivity contribution is 5.54. The third-order valence-corrected chi connectivity index (χ3v) is 2.37. The number of hydrogen-bond donors (Lipinski definition) is 1. The van der Waals surface area contributed by atoms with Gasteiger partial charge in [-0.15, -0.1) is 0 Å². The Morgan fingerprint density at radius 1 is 1.20 bits per heavy atom. The summed E-state index contributed by atoms with van der Waals surface area (Å²) < 4.78 is 0. The molecule has 3 heteroatoms. The fourth-order valence-electron chi connectivity index (χ4n) is 1.45. The molecule has 0 fully saturated rings. The molecule has 0 saturated carbocycles. The van der Waals surface area contributed by atoms with Crippen LogP contribution >= 0.6 is 0 Å². The van der Waals surface area contributed by atoms with Crippen molar-refractivity contribution >= 4 is 0 Å². The van der Waals surface area contributed by atoms with Crippen LogP contribution in [0.5, 0.6) is 0 Å². The van der Waals surface area contributed by atoms with E-state index in [0.717, 1.165) is 22.8 Å². The lowest BCUT2D eigenvalue weighted by molar-refractivity contribution is 0.810. The molecule has 15 heavy (non-hydrogen) atoms. The molecule has 0 aliphatic heterocycles. The lowest BCUT2D eigenvalue weighted by atomic mass is 10.1. The average molecular weight is 201 g/mol. The molecule has 0 amide bonds. The Hall–Kier alpha value is -1.64. The van der Waals surface area contributed by atoms with Crippen LogP contribution in [0, 0.1) is 6.92 Å². The maximum atomic E-state index is 4.43. The van der Waals surface area contributed by atoms with Crippen LogP contribution in [0.2, 0.25) is 0 Å². The van der Waals surface area contributed by atoms with Gasteiger partial charge in [-0.3, -0.25) is 10.1 Å². The fourth-order valence-corrected chi connectivity index (χ4v) is 1.45. The van der Waals surface area contributed by atoms with Gasteiger partial charge in [-0.25, -0.2) is 0 Å². The molecular weight excluding hydrogens is 186 g/mol. The number of hydrogen-bond acceptors (Lipinski definition) is 2. The number of pyridine rings is 1. The summed E-state index contributed by atoms with van der Waals surface area (Å²) in [6, 6.07) is 8.03. The van der Waals surface area contributed by atoms with E-state index in [1.165, 1.54) is 0 Å². The third-order valence-electron chi connectivity index (χ3n) is 2.37. The van der Waals surface area contributed by atoms with Crippen molar-refractivity contribution < 1.29 is 0 Å². The minimum Gasteiger partial charge on any atom is -0.282 e. The summed E-state index contributed by atoms with van der Waals surface area (Å²) in [5, 5.41) is 7.29. The average Bonchev–Trinajstić information content (AvgIpc) is 2.66. The summed E-state index contributed by atoms with van der Waals surface area (Å²) in [6.45, 7) is 6.27. The molecular formula is C12H15N3. The topological polar surface area (TPSA) is 41.6 Å². The molecule has 0 spiro atoms. The number of rotatable bonds is 2. The molecule has 78 valence electrons. The van der Waals surface area contributed by atoms with Gasteiger partial charge in [-0.1, -0.05) is 19.9 Å². The second-order valence-electron chi connectivity index (χ2n) is 4.03. The highest BCUT2D eigenvalue weighted by atomic mass is 15.1. The molecule has 0 unspecified atom stereocenters. The van der Waals surface area contributed by atoms with E-state index in [0.29, 0.717) is 5.92 Å². The van der Waals surface area contributed by atoms with Crippen LogP contribution in [-0.2, 0) is 0 Å². The van der Waals surface area contributed by atoms with Crippen molar-refractivity contribution in [2.24, 2.45) is 0 Å². The van der Waals surface area contributed by atoms with Crippen LogP contribution in [0.4, 0.5) is 0 Å². The standard InChI is InChI=1S/C12H15N3/c1-8(2)11-7-12(15-14-11)10-6-4-5-9(3)13-10/h4-8H,1-3H3,(H,14,15). The van der Waals surface area contributed by atoms with E-state index in [4.69, 9.17) is 0 Å². The largest absolute Gasteiger partial charge is 0.282 e. The fraction of sp³-hybridized carbons (Fsp3) is 0.333. The normalized spacial score (nSPS) is 10.9. The Labute approximate surface area is 89.6 Å². The van der Waals surface area contributed by atoms with Crippen molar-refractivity contribution in [2.75, 3.05) is 0 Å². The maximum Gasteiger partial charge on any atom is 0.111 e. The smallest absolute Gasteiger partial charge is 0.111 e. The van der Waals surface area contributed by atoms with Crippen molar-refractivity contribution in [3.8, 4) is 11.4 Å². The van der Waals surface area contributed by atoms with Crippen LogP contribution in [0.25, 0.3) is 11.4 Å². The van der Waals surface area contributed by atoms with E-state index in [-0.39, 0.29) is 0 Å². The summed E-state index contributed by atoms with van der Waals surface area (Å²) in [5.74, 6) is 0.469. The predicted octanol–water partition coefficient (Wildman–Crippen LogP) is 2.90. The molecule has 0 aliphatic carbocycles. The Balaban J connectivity index is 2.37. The second-order valence-corrected chi connectivity index (χ2v) is 4.03. The summed E-state index contributed by atoms with van der Waals surface area (Å²) >= 11 is 0. The molecule has 0 aromatic carbocycles. The van der Waals surface area contributed by atoms with E-state index >= 15 is 0 Å². The maximum absolute atomic E-state index is 4.43. The number of aromatic nitrogens is 3. The number of nitrogens with zero attached hydrogens (tertiary/aromatic N) is 2. The van der Waals surface area contributed by atoms with Gasteiger partial charge in [0.15, 0.2) is 0 Å². The minimum atomic E-state index is 0.469. The van der Waals surface area contributed by atoms with E-state index in [1.54, 1.807) is 0 Å². The second kappa shape index (κ2) is 3.85. The first-order valence-electron chi connectivity index (χ1n) is 5.16. The Morgan fingerprint density at radius 3 is 2.60 bits per heavy atom. The van der Waals surface area contributed by atoms with Gasteiger partial charge in [0.05, 0.1) is 5.69 Å². The Kier molecular flexibility index (Phi) is 2.54. The zero-order valence-corrected chi connectivity index (χ0v) is 9.28. The molecule has 0 atom stereocenters. The van der Waals surface area contributed by atoms with E-state index in [1.807, 2.05) is 25.1 Å². The van der Waals surface area contributed by atoms with Gasteiger partial charge in [-0.2, -0.15) is 5.10 Å². The van der Waals surface area contributed by atoms with Gasteiger partial charge in [0.25, 0.3) is 0 Å². The van der Waals surface area contributed by atoms with Gasteiger partial charge < -0.3 is 0 Å². The molecule has 2 aromatic rings. The zero-order chi connectivity index (χ0) is 10.8. The van der Waals surface area contributed by atoms with Crippen molar-refractivity contribution in [3.05, 3.63) is 35.7 Å². The van der Waals surface area contributed by atoms with E-state index < -0.39 is 0 Å². The van der Waals surface area contributed by atoms with Crippen molar-refractivity contribution in [1.82, 2.24) is 15.2 Å². The number of H-pyrrole nitrogens is 1. The van der Waals surface area contributed by atoms with Gasteiger partial charge in [0, 0.05) is 11.4 Å². The highest BCUT2D eigenvalue weighted by Crippen LogP contribution is 2.19. The van der Waals surface area contributed by atoms with Gasteiger partial charge in [0.2, 0.25) is 0 Å². The molecule has 2 aromatic heterocycles. The minimum absolute atomic E-state index is 0.469. The molecule has 0 saturated heterocycles. The van der Waals surface area contributed by atoms with Crippen molar-refractivity contribution in [1.29, 1.82) is 0 Å². The summed E-state index contributed by atoms with van der Waals surface area (Å²) in [5.41, 5.74) is 4.01. The lowest BCUT2D eigenvalue weighted by Gasteiger charge is -1.97. The quantitative estimate of drug-likeness (QED) is 0.811. The first-order valence-corrected chi connectivity index (χ1v) is 5.16. The molecule has 0 radical (unpaired) electrons. The van der Waals surface area contributed by atoms with Crippen LogP contribution in [0.1, 0.15) is 31.2 Å². The van der Waals surface area contributed by atoms with Crippen molar-refractivity contribution in [3.63, 3.8) is 0 Å². The first kappa shape index (κ1) is 9.90. The Bertz CT molecular complexity index is 457. The molecule has 3 nitrogen and oxygen atoms in total. The van der Waals surface area contributed by atoms with E-state index in [2.05, 4.69) is 35.1 Å². The zero-order valence-electron chi connectivity index (χ0n) is 9.28. The predicted molar refractivity (Wildman–Crippen MR) is 60.6 cm³/mol. The summed E-state index contributed by atoms with van der Waals surface area (Å²) in [6.07, 6.45) is 0. The molecule has 2 heterocycles. The van der Waals surface area contributed by atoms with Crippen LogP contribution in [-0.4, -0.2) is 15.2 Å². The van der Waals surface area contributed by atoms with Crippen molar-refractivity contribution in [2.45, 2.75) is 26.7 Å². The van der Waals surface area contributed by atoms with Gasteiger partial charge in [-0.05, 0) is 31.0 Å².